The van der Waals surface area contributed by atoms with Gasteiger partial charge in [-0.2, -0.15) is 0 Å². The van der Waals surface area contributed by atoms with Gasteiger partial charge in [-0.05, 0) is 30.9 Å². The van der Waals surface area contributed by atoms with Crippen molar-refractivity contribution in [3.05, 3.63) is 40.3 Å². The number of fused-ring (bicyclic) bond motifs is 3. The van der Waals surface area contributed by atoms with Crippen LogP contribution in [0.2, 0.25) is 0 Å². The third kappa shape index (κ3) is 4.20. The molecular weight excluding hydrogens is 408 g/mol. The number of hydrogen-bond acceptors (Lipinski definition) is 6. The topological polar surface area (TPSA) is 59.3 Å². The van der Waals surface area contributed by atoms with Crippen molar-refractivity contribution in [3.63, 3.8) is 0 Å². The average molecular weight is 432 g/mol. The van der Waals surface area contributed by atoms with E-state index in [1.54, 1.807) is 23.1 Å². The van der Waals surface area contributed by atoms with Crippen molar-refractivity contribution >= 4 is 56.7 Å². The first-order chi connectivity index (χ1) is 13.5. The Balaban J connectivity index is 1.57. The van der Waals surface area contributed by atoms with E-state index in [9.17, 15) is 4.79 Å². The highest BCUT2D eigenvalue weighted by atomic mass is 32.2. The molecular formula is C20H23N4OS3+. The summed E-state index contributed by atoms with van der Waals surface area (Å²) in [4.78, 5) is 25.9. The molecule has 2 N–H and O–H groups in total. The van der Waals surface area contributed by atoms with Gasteiger partial charge in [0.15, 0.2) is 5.16 Å². The number of hydrogen-bond donors (Lipinski definition) is 2. The third-order valence-corrected chi connectivity index (χ3v) is 7.45. The number of quaternary nitrogens is 1. The Bertz CT molecular complexity index is 1020. The molecule has 1 aromatic carbocycles. The fourth-order valence-corrected chi connectivity index (χ4v) is 6.06. The minimum absolute atomic E-state index is 0.0143. The van der Waals surface area contributed by atoms with E-state index in [1.165, 1.54) is 38.1 Å². The standard InChI is InChI=1S/C20H22N4OS3/c1-12-4-6-13(7-5-12)21-16(25)11-27-18-17-14-8-9-24(2)10-15(14)28-19(17)23-20(22-18)26-3/h4-7H,8-11H2,1-3H3,(H,21,25)/p+1. The Morgan fingerprint density at radius 2 is 2.07 bits per heavy atom. The highest BCUT2D eigenvalue weighted by Crippen LogP contribution is 2.37. The summed E-state index contributed by atoms with van der Waals surface area (Å²) in [5, 5.41) is 5.84. The summed E-state index contributed by atoms with van der Waals surface area (Å²) >= 11 is 4.85. The summed E-state index contributed by atoms with van der Waals surface area (Å²) in [6, 6.07) is 7.86. The van der Waals surface area contributed by atoms with Crippen molar-refractivity contribution in [2.75, 3.05) is 30.9 Å². The van der Waals surface area contributed by atoms with Crippen LogP contribution >= 0.6 is 34.9 Å². The summed E-state index contributed by atoms with van der Waals surface area (Å²) < 4.78 is 0. The quantitative estimate of drug-likeness (QED) is 0.369. The number of anilines is 1. The van der Waals surface area contributed by atoms with Crippen molar-refractivity contribution in [3.8, 4) is 0 Å². The Morgan fingerprint density at radius 1 is 1.29 bits per heavy atom. The second kappa shape index (κ2) is 8.41. The van der Waals surface area contributed by atoms with Crippen LogP contribution in [-0.2, 0) is 17.8 Å². The number of amides is 1. The monoisotopic (exact) mass is 431 g/mol. The lowest BCUT2D eigenvalue weighted by molar-refractivity contribution is -0.895. The van der Waals surface area contributed by atoms with Crippen LogP contribution in [0.25, 0.3) is 10.2 Å². The van der Waals surface area contributed by atoms with Crippen LogP contribution in [0.3, 0.4) is 0 Å². The van der Waals surface area contributed by atoms with Crippen molar-refractivity contribution in [2.24, 2.45) is 0 Å². The van der Waals surface area contributed by atoms with Crippen LogP contribution in [0, 0.1) is 6.92 Å². The number of benzene rings is 1. The first-order valence-corrected chi connectivity index (χ1v) is 12.2. The number of likely N-dealkylation sites (N-methyl/N-ethyl adjacent to an activating group) is 1. The number of carbonyl (C=O) groups excluding carboxylic acids is 1. The second-order valence-corrected chi connectivity index (χ2v) is 9.86. The normalized spacial score (nSPS) is 16.2. The van der Waals surface area contributed by atoms with E-state index in [2.05, 4.69) is 12.4 Å². The summed E-state index contributed by atoms with van der Waals surface area (Å²) in [6.07, 6.45) is 3.04. The van der Waals surface area contributed by atoms with Crippen molar-refractivity contribution in [1.29, 1.82) is 0 Å². The zero-order chi connectivity index (χ0) is 19.7. The maximum atomic E-state index is 12.4. The largest absolute Gasteiger partial charge is 0.333 e. The fraction of sp³-hybridized carbons (Fsp3) is 0.350. The van der Waals surface area contributed by atoms with Crippen molar-refractivity contribution < 1.29 is 9.69 Å². The molecule has 0 fully saturated rings. The molecule has 1 aliphatic rings. The Morgan fingerprint density at radius 3 is 2.82 bits per heavy atom. The lowest BCUT2D eigenvalue weighted by Crippen LogP contribution is -3.08. The molecule has 1 atom stereocenters. The van der Waals surface area contributed by atoms with Crippen LogP contribution in [0.15, 0.2) is 34.4 Å². The highest BCUT2D eigenvalue weighted by molar-refractivity contribution is 8.00. The second-order valence-electron chi connectivity index (χ2n) is 7.04. The number of nitrogens with zero attached hydrogens (tertiary/aromatic N) is 2. The molecule has 2 aromatic heterocycles. The average Bonchev–Trinajstić information content (AvgIpc) is 3.05. The first kappa shape index (κ1) is 19.7. The van der Waals surface area contributed by atoms with Crippen LogP contribution in [0.1, 0.15) is 16.0 Å². The van der Waals surface area contributed by atoms with Crippen LogP contribution in [0.5, 0.6) is 0 Å². The Labute approximate surface area is 177 Å². The molecule has 8 heteroatoms. The van der Waals surface area contributed by atoms with E-state index < -0.39 is 0 Å². The van der Waals surface area contributed by atoms with Crippen molar-refractivity contribution in [1.82, 2.24) is 9.97 Å². The Hall–Kier alpha value is -1.61. The van der Waals surface area contributed by atoms with Gasteiger partial charge in [0.05, 0.1) is 24.2 Å². The molecule has 0 bridgehead atoms. The Kier molecular flexibility index (Phi) is 5.91. The molecule has 0 spiro atoms. The van der Waals surface area contributed by atoms with E-state index in [0.717, 1.165) is 40.2 Å². The minimum atomic E-state index is -0.0143. The molecule has 0 saturated carbocycles. The number of thiophene rings is 1. The smallest absolute Gasteiger partial charge is 0.234 e. The van der Waals surface area contributed by atoms with Crippen LogP contribution < -0.4 is 10.2 Å². The lowest BCUT2D eigenvalue weighted by atomic mass is 10.1. The van der Waals surface area contributed by atoms with Gasteiger partial charge < -0.3 is 10.2 Å². The van der Waals surface area contributed by atoms with Gasteiger partial charge in [-0.1, -0.05) is 41.2 Å². The predicted molar refractivity (Wildman–Crippen MR) is 119 cm³/mol. The molecule has 0 aliphatic carbocycles. The molecule has 0 saturated heterocycles. The van der Waals surface area contributed by atoms with Gasteiger partial charge in [0.1, 0.15) is 16.4 Å². The molecule has 1 aliphatic heterocycles. The molecule has 1 amide bonds. The number of thioether (sulfide) groups is 2. The van der Waals surface area contributed by atoms with Crippen LogP contribution in [-0.4, -0.2) is 41.5 Å². The van der Waals surface area contributed by atoms with Gasteiger partial charge in [0, 0.05) is 17.5 Å². The lowest BCUT2D eigenvalue weighted by Gasteiger charge is -2.19. The molecule has 5 nitrogen and oxygen atoms in total. The molecule has 146 valence electrons. The molecule has 3 heterocycles. The van der Waals surface area contributed by atoms with Gasteiger partial charge in [-0.15, -0.1) is 11.3 Å². The van der Waals surface area contributed by atoms with Gasteiger partial charge in [-0.25, -0.2) is 9.97 Å². The molecule has 4 rings (SSSR count). The van der Waals surface area contributed by atoms with E-state index >= 15 is 0 Å². The molecule has 1 unspecified atom stereocenters. The summed E-state index contributed by atoms with van der Waals surface area (Å²) in [5.41, 5.74) is 3.39. The van der Waals surface area contributed by atoms with Gasteiger partial charge in [-0.3, -0.25) is 4.79 Å². The predicted octanol–water partition coefficient (Wildman–Crippen LogP) is 3.02. The zero-order valence-corrected chi connectivity index (χ0v) is 18.6. The van der Waals surface area contributed by atoms with E-state index in [4.69, 9.17) is 9.97 Å². The zero-order valence-electron chi connectivity index (χ0n) is 16.2. The maximum absolute atomic E-state index is 12.4. The van der Waals surface area contributed by atoms with E-state index in [0.29, 0.717) is 5.75 Å². The first-order valence-electron chi connectivity index (χ1n) is 9.20. The highest BCUT2D eigenvalue weighted by Gasteiger charge is 2.25. The van der Waals surface area contributed by atoms with Crippen LogP contribution in [0.4, 0.5) is 5.69 Å². The summed E-state index contributed by atoms with van der Waals surface area (Å²) in [6.45, 7) is 4.20. The number of aryl methyl sites for hydroxylation is 1. The molecule has 28 heavy (non-hydrogen) atoms. The van der Waals surface area contributed by atoms with Gasteiger partial charge >= 0.3 is 0 Å². The molecule has 3 aromatic rings. The number of rotatable bonds is 5. The van der Waals surface area contributed by atoms with Gasteiger partial charge in [0.25, 0.3) is 0 Å². The minimum Gasteiger partial charge on any atom is -0.333 e. The molecule has 0 radical (unpaired) electrons. The van der Waals surface area contributed by atoms with E-state index in [1.807, 2.05) is 37.4 Å². The number of aromatic nitrogens is 2. The van der Waals surface area contributed by atoms with E-state index in [-0.39, 0.29) is 5.91 Å². The third-order valence-electron chi connectivity index (χ3n) is 4.80. The van der Waals surface area contributed by atoms with Crippen molar-refractivity contribution in [2.45, 2.75) is 30.1 Å². The number of carbonyl (C=O) groups is 1. The fourth-order valence-electron chi connectivity index (χ4n) is 3.32. The van der Waals surface area contributed by atoms with Gasteiger partial charge in [0.2, 0.25) is 5.91 Å². The number of nitrogens with one attached hydrogen (secondary N) is 2. The summed E-state index contributed by atoms with van der Waals surface area (Å²) in [7, 11) is 2.23. The SMILES string of the molecule is CSc1nc(SCC(=O)Nc2ccc(C)cc2)c2c3c(sc2n1)C[NH+](C)CC3. The maximum Gasteiger partial charge on any atom is 0.234 e. The summed E-state index contributed by atoms with van der Waals surface area (Å²) in [5.74, 6) is 0.323.